The summed E-state index contributed by atoms with van der Waals surface area (Å²) in [5.41, 5.74) is 4.80. The Balaban J connectivity index is 1.39. The van der Waals surface area contributed by atoms with Crippen molar-refractivity contribution in [3.63, 3.8) is 0 Å². The van der Waals surface area contributed by atoms with Crippen molar-refractivity contribution in [3.8, 4) is 5.75 Å². The summed E-state index contributed by atoms with van der Waals surface area (Å²) in [5.74, 6) is 1.76. The molecular weight excluding hydrogens is 400 g/mol. The smallest absolute Gasteiger partial charge is 0.269 e. The van der Waals surface area contributed by atoms with E-state index in [9.17, 15) is 4.79 Å². The lowest BCUT2D eigenvalue weighted by atomic mass is 10.1. The molecule has 0 radical (unpaired) electrons. The van der Waals surface area contributed by atoms with E-state index in [4.69, 9.17) is 9.72 Å². The molecule has 0 aliphatic carbocycles. The molecule has 6 nitrogen and oxygen atoms in total. The summed E-state index contributed by atoms with van der Waals surface area (Å²) in [5, 5.41) is 2.94. The Bertz CT molecular complexity index is 1180. The van der Waals surface area contributed by atoms with Crippen LogP contribution < -0.4 is 10.1 Å². The highest BCUT2D eigenvalue weighted by Gasteiger charge is 2.12. The van der Waals surface area contributed by atoms with Crippen molar-refractivity contribution in [3.05, 3.63) is 89.5 Å². The molecule has 0 bridgehead atoms. The van der Waals surface area contributed by atoms with Crippen molar-refractivity contribution in [1.29, 1.82) is 0 Å². The summed E-state index contributed by atoms with van der Waals surface area (Å²) in [7, 11) is 0. The molecule has 6 heteroatoms. The number of nitrogens with zero attached hydrogens (tertiary/aromatic N) is 3. The van der Waals surface area contributed by atoms with Crippen molar-refractivity contribution in [2.75, 3.05) is 13.2 Å². The van der Waals surface area contributed by atoms with Gasteiger partial charge in [0.1, 0.15) is 17.3 Å². The predicted molar refractivity (Wildman–Crippen MR) is 126 cm³/mol. The van der Waals surface area contributed by atoms with Crippen LogP contribution in [0.2, 0.25) is 0 Å². The molecule has 2 heterocycles. The van der Waals surface area contributed by atoms with Gasteiger partial charge in [-0.2, -0.15) is 0 Å². The Kier molecular flexibility index (Phi) is 6.80. The number of benzene rings is 2. The number of para-hydroxylation sites is 3. The van der Waals surface area contributed by atoms with Gasteiger partial charge < -0.3 is 14.6 Å². The molecule has 0 saturated carbocycles. The number of imidazole rings is 1. The van der Waals surface area contributed by atoms with Crippen LogP contribution in [0.25, 0.3) is 11.0 Å². The maximum absolute atomic E-state index is 12.3. The molecule has 0 unspecified atom stereocenters. The summed E-state index contributed by atoms with van der Waals surface area (Å²) < 4.78 is 8.31. The molecule has 2 aromatic heterocycles. The summed E-state index contributed by atoms with van der Waals surface area (Å²) in [4.78, 5) is 21.2. The monoisotopic (exact) mass is 428 g/mol. The number of fused-ring (bicyclic) bond motifs is 1. The fourth-order valence-corrected chi connectivity index (χ4v) is 3.86. The van der Waals surface area contributed by atoms with E-state index in [-0.39, 0.29) is 5.91 Å². The van der Waals surface area contributed by atoms with Crippen LogP contribution in [0.3, 0.4) is 0 Å². The van der Waals surface area contributed by atoms with Gasteiger partial charge in [-0.3, -0.25) is 9.78 Å². The second kappa shape index (κ2) is 10.1. The van der Waals surface area contributed by atoms with Crippen LogP contribution in [0.1, 0.15) is 33.9 Å². The molecular formula is C26H28N4O2. The van der Waals surface area contributed by atoms with Gasteiger partial charge in [-0.15, -0.1) is 0 Å². The minimum Gasteiger partial charge on any atom is -0.493 e. The van der Waals surface area contributed by atoms with Gasteiger partial charge in [0.25, 0.3) is 5.91 Å². The van der Waals surface area contributed by atoms with Gasteiger partial charge in [0, 0.05) is 25.7 Å². The van der Waals surface area contributed by atoms with Crippen molar-refractivity contribution in [2.45, 2.75) is 33.2 Å². The van der Waals surface area contributed by atoms with Crippen LogP contribution >= 0.6 is 0 Å². The van der Waals surface area contributed by atoms with Crippen LogP contribution in [0.4, 0.5) is 0 Å². The van der Waals surface area contributed by atoms with E-state index in [0.717, 1.165) is 46.7 Å². The van der Waals surface area contributed by atoms with Crippen molar-refractivity contribution < 1.29 is 9.53 Å². The molecule has 1 amide bonds. The van der Waals surface area contributed by atoms with Gasteiger partial charge in [0.2, 0.25) is 0 Å². The van der Waals surface area contributed by atoms with E-state index in [2.05, 4.69) is 46.9 Å². The largest absolute Gasteiger partial charge is 0.493 e. The number of carbonyl (C=O) groups excluding carboxylic acids is 1. The van der Waals surface area contributed by atoms with Crippen LogP contribution in [-0.4, -0.2) is 33.6 Å². The van der Waals surface area contributed by atoms with Crippen LogP contribution in [-0.2, 0) is 13.0 Å². The van der Waals surface area contributed by atoms with Crippen molar-refractivity contribution in [1.82, 2.24) is 19.9 Å². The number of aryl methyl sites for hydroxylation is 3. The first kappa shape index (κ1) is 21.6. The fourth-order valence-electron chi connectivity index (χ4n) is 3.86. The second-order valence-electron chi connectivity index (χ2n) is 7.81. The molecule has 0 saturated heterocycles. The normalized spacial score (nSPS) is 10.9. The molecule has 0 fully saturated rings. The molecule has 0 aliphatic heterocycles. The number of pyridine rings is 1. The average Bonchev–Trinajstić information content (AvgIpc) is 3.16. The highest BCUT2D eigenvalue weighted by atomic mass is 16.5. The Morgan fingerprint density at radius 2 is 1.78 bits per heavy atom. The summed E-state index contributed by atoms with van der Waals surface area (Å²) in [6.07, 6.45) is 3.13. The maximum atomic E-state index is 12.3. The third-order valence-electron chi connectivity index (χ3n) is 5.45. The fraction of sp³-hybridized carbons (Fsp3) is 0.269. The molecule has 1 N–H and O–H groups in total. The molecule has 164 valence electrons. The first-order valence-corrected chi connectivity index (χ1v) is 11.0. The predicted octanol–water partition coefficient (Wildman–Crippen LogP) is 4.49. The molecule has 0 aliphatic rings. The Morgan fingerprint density at radius 1 is 1.00 bits per heavy atom. The lowest BCUT2D eigenvalue weighted by molar-refractivity contribution is 0.0949. The van der Waals surface area contributed by atoms with Gasteiger partial charge in [0.15, 0.2) is 0 Å². The minimum absolute atomic E-state index is 0.171. The topological polar surface area (TPSA) is 69.0 Å². The summed E-state index contributed by atoms with van der Waals surface area (Å²) >= 11 is 0. The van der Waals surface area contributed by atoms with E-state index in [1.165, 1.54) is 0 Å². The number of hydrogen-bond acceptors (Lipinski definition) is 4. The number of rotatable bonds is 9. The Labute approximate surface area is 188 Å². The SMILES string of the molecule is Cc1cccc(C)c1OCCCn1c(CCNC(=O)c2ccccn2)nc2ccccc21. The Morgan fingerprint density at radius 3 is 2.56 bits per heavy atom. The minimum atomic E-state index is -0.171. The number of amides is 1. The third-order valence-corrected chi connectivity index (χ3v) is 5.45. The van der Waals surface area contributed by atoms with Gasteiger partial charge in [-0.05, 0) is 55.7 Å². The standard InChI is InChI=1S/C26H28N4O2/c1-19-9-7-10-20(2)25(19)32-18-8-17-30-23-13-4-3-11-21(23)29-24(30)14-16-28-26(31)22-12-5-6-15-27-22/h3-7,9-13,15H,8,14,16-18H2,1-2H3,(H,28,31). The van der Waals surface area contributed by atoms with Gasteiger partial charge in [0.05, 0.1) is 17.6 Å². The van der Waals surface area contributed by atoms with Crippen molar-refractivity contribution >= 4 is 16.9 Å². The molecule has 4 aromatic rings. The van der Waals surface area contributed by atoms with Crippen LogP contribution in [0.5, 0.6) is 5.75 Å². The van der Waals surface area contributed by atoms with E-state index >= 15 is 0 Å². The maximum Gasteiger partial charge on any atom is 0.269 e. The van der Waals surface area contributed by atoms with Crippen molar-refractivity contribution in [2.24, 2.45) is 0 Å². The number of nitrogens with one attached hydrogen (secondary N) is 1. The lowest BCUT2D eigenvalue weighted by Gasteiger charge is -2.13. The van der Waals surface area contributed by atoms with E-state index < -0.39 is 0 Å². The number of ether oxygens (including phenoxy) is 1. The van der Waals surface area contributed by atoms with E-state index in [1.807, 2.05) is 30.3 Å². The lowest BCUT2D eigenvalue weighted by Crippen LogP contribution is -2.27. The average molecular weight is 429 g/mol. The number of hydrogen-bond donors (Lipinski definition) is 1. The third kappa shape index (κ3) is 4.97. The quantitative estimate of drug-likeness (QED) is 0.399. The zero-order chi connectivity index (χ0) is 22.3. The molecule has 4 rings (SSSR count). The zero-order valence-electron chi connectivity index (χ0n) is 18.5. The summed E-state index contributed by atoms with van der Waals surface area (Å²) in [6.45, 7) is 6.08. The number of aromatic nitrogens is 3. The highest BCUT2D eigenvalue weighted by molar-refractivity contribution is 5.92. The number of carbonyl (C=O) groups is 1. The van der Waals surface area contributed by atoms with Gasteiger partial charge in [-0.1, -0.05) is 36.4 Å². The van der Waals surface area contributed by atoms with E-state index in [0.29, 0.717) is 25.3 Å². The molecule has 32 heavy (non-hydrogen) atoms. The second-order valence-corrected chi connectivity index (χ2v) is 7.81. The molecule has 0 spiro atoms. The highest BCUT2D eigenvalue weighted by Crippen LogP contribution is 2.23. The first-order chi connectivity index (χ1) is 15.6. The van der Waals surface area contributed by atoms with E-state index in [1.54, 1.807) is 18.3 Å². The van der Waals surface area contributed by atoms with Crippen LogP contribution in [0, 0.1) is 13.8 Å². The summed E-state index contributed by atoms with van der Waals surface area (Å²) in [6, 6.07) is 19.6. The Hall–Kier alpha value is -3.67. The zero-order valence-corrected chi connectivity index (χ0v) is 18.5. The molecule has 0 atom stereocenters. The van der Waals surface area contributed by atoms with Crippen LogP contribution in [0.15, 0.2) is 66.9 Å². The van der Waals surface area contributed by atoms with Gasteiger partial charge in [-0.25, -0.2) is 4.98 Å². The molecule has 2 aromatic carbocycles. The first-order valence-electron chi connectivity index (χ1n) is 11.0. The van der Waals surface area contributed by atoms with Gasteiger partial charge >= 0.3 is 0 Å².